The van der Waals surface area contributed by atoms with Crippen LogP contribution < -0.4 is 5.32 Å². The van der Waals surface area contributed by atoms with E-state index in [-0.39, 0.29) is 18.1 Å². The van der Waals surface area contributed by atoms with Crippen molar-refractivity contribution in [2.75, 3.05) is 19.5 Å². The number of carbonyl (C=O) groups excluding carboxylic acids is 3. The first kappa shape index (κ1) is 19.4. The number of β-lactam (4-membered cyclic amide) rings is 1. The molecule has 9 nitrogen and oxygen atoms in total. The Morgan fingerprint density at radius 2 is 2.19 bits per heavy atom. The van der Waals surface area contributed by atoms with Crippen LogP contribution in [0.25, 0.3) is 0 Å². The lowest BCUT2D eigenvalue weighted by molar-refractivity contribution is -0.188. The quantitative estimate of drug-likeness (QED) is 0.396. The molecule has 1 saturated heterocycles. The number of thioether (sulfide) groups is 1. The fourth-order valence-electron chi connectivity index (χ4n) is 2.88. The van der Waals surface area contributed by atoms with E-state index in [1.807, 2.05) is 0 Å². The van der Waals surface area contributed by atoms with Crippen molar-refractivity contribution in [3.05, 3.63) is 33.7 Å². The number of amides is 2. The summed E-state index contributed by atoms with van der Waals surface area (Å²) in [6.45, 7) is 0.993. The molecule has 3 heterocycles. The molecule has 1 aromatic rings. The molecule has 3 rings (SSSR count). The smallest absolute Gasteiger partial charge is 0.352 e. The molecule has 2 atom stereocenters. The molecule has 2 aliphatic rings. The Balaban J connectivity index is 1.88. The van der Waals surface area contributed by atoms with Crippen molar-refractivity contribution >= 4 is 46.9 Å². The number of ether oxygens (including phenoxy) is 2. The van der Waals surface area contributed by atoms with E-state index in [4.69, 9.17) is 9.47 Å². The maximum Gasteiger partial charge on any atom is 0.352 e. The van der Waals surface area contributed by atoms with Crippen molar-refractivity contribution in [1.29, 1.82) is 0 Å². The number of carbonyl (C=O) groups is 4. The summed E-state index contributed by atoms with van der Waals surface area (Å²) in [6.07, 6.45) is 0. The Morgan fingerprint density at radius 1 is 1.44 bits per heavy atom. The van der Waals surface area contributed by atoms with E-state index >= 15 is 0 Å². The van der Waals surface area contributed by atoms with E-state index in [0.717, 1.165) is 4.90 Å². The zero-order valence-electron chi connectivity index (χ0n) is 14.4. The third-order valence-electron chi connectivity index (χ3n) is 4.13. The number of aliphatic carboxylic acids is 1. The van der Waals surface area contributed by atoms with Gasteiger partial charge in [-0.2, -0.15) is 0 Å². The summed E-state index contributed by atoms with van der Waals surface area (Å²) < 4.78 is 10.2. The predicted octanol–water partition coefficient (Wildman–Crippen LogP) is 0.638. The second kappa shape index (κ2) is 7.33. The summed E-state index contributed by atoms with van der Waals surface area (Å²) in [6, 6.07) is 3.31. The lowest BCUT2D eigenvalue weighted by Crippen LogP contribution is -2.80. The van der Waals surface area contributed by atoms with Crippen molar-refractivity contribution in [1.82, 2.24) is 10.2 Å². The number of hydrogen-bond donors (Lipinski definition) is 2. The second-order valence-electron chi connectivity index (χ2n) is 5.75. The van der Waals surface area contributed by atoms with E-state index in [2.05, 4.69) is 5.32 Å². The fourth-order valence-corrected chi connectivity index (χ4v) is 4.92. The molecule has 11 heteroatoms. The van der Waals surface area contributed by atoms with Gasteiger partial charge in [-0.05, 0) is 11.4 Å². The standard InChI is InChI=1S/C16H16N2O7S2/c1-8(19)25-6-9-7-27-15-16(24-2,14(23)18(15)11(9)13(21)22)17-12(20)10-4-3-5-26-10/h3-5,15H,6-7H2,1-2H3,(H,17,20)(H,21,22). The van der Waals surface area contributed by atoms with Crippen molar-refractivity contribution in [3.8, 4) is 0 Å². The molecule has 2 N–H and O–H groups in total. The third-order valence-corrected chi connectivity index (χ3v) is 6.37. The molecule has 1 fully saturated rings. The highest BCUT2D eigenvalue weighted by molar-refractivity contribution is 8.00. The number of esters is 1. The van der Waals surface area contributed by atoms with Crippen LogP contribution in [0.1, 0.15) is 16.6 Å². The maximum absolute atomic E-state index is 12.8. The van der Waals surface area contributed by atoms with E-state index in [1.54, 1.807) is 17.5 Å². The van der Waals surface area contributed by atoms with Crippen molar-refractivity contribution < 1.29 is 33.8 Å². The molecule has 1 aromatic heterocycles. The van der Waals surface area contributed by atoms with Crippen LogP contribution in [0.4, 0.5) is 0 Å². The fraction of sp³-hybridized carbons (Fsp3) is 0.375. The van der Waals surface area contributed by atoms with Gasteiger partial charge in [-0.1, -0.05) is 6.07 Å². The molecule has 2 amide bonds. The monoisotopic (exact) mass is 412 g/mol. The van der Waals surface area contributed by atoms with Gasteiger partial charge in [-0.25, -0.2) is 4.79 Å². The molecule has 2 unspecified atom stereocenters. The third kappa shape index (κ3) is 3.22. The molecule has 0 bridgehead atoms. The Hall–Kier alpha value is -2.37. The van der Waals surface area contributed by atoms with Gasteiger partial charge < -0.3 is 19.9 Å². The average molecular weight is 412 g/mol. The number of nitrogens with zero attached hydrogens (tertiary/aromatic N) is 1. The normalized spacial score (nSPS) is 24.1. The summed E-state index contributed by atoms with van der Waals surface area (Å²) >= 11 is 2.44. The Kier molecular flexibility index (Phi) is 5.27. The average Bonchev–Trinajstić information content (AvgIpc) is 3.17. The van der Waals surface area contributed by atoms with Gasteiger partial charge in [-0.3, -0.25) is 19.3 Å². The van der Waals surface area contributed by atoms with Gasteiger partial charge in [0.2, 0.25) is 0 Å². The number of carboxylic acid groups (broad SMARTS) is 1. The van der Waals surface area contributed by atoms with E-state index < -0.39 is 34.9 Å². The first-order chi connectivity index (χ1) is 12.8. The molecular formula is C16H16N2O7S2. The minimum atomic E-state index is -1.65. The molecule has 0 radical (unpaired) electrons. The summed E-state index contributed by atoms with van der Waals surface area (Å²) in [5, 5.41) is 13.1. The molecule has 0 aromatic carbocycles. The van der Waals surface area contributed by atoms with Gasteiger partial charge >= 0.3 is 11.9 Å². The zero-order valence-corrected chi connectivity index (χ0v) is 16.0. The number of hydrogen-bond acceptors (Lipinski definition) is 8. The van der Waals surface area contributed by atoms with Crippen LogP contribution in [0, 0.1) is 0 Å². The second-order valence-corrected chi connectivity index (χ2v) is 7.76. The highest BCUT2D eigenvalue weighted by atomic mass is 32.2. The first-order valence-electron chi connectivity index (χ1n) is 7.77. The summed E-state index contributed by atoms with van der Waals surface area (Å²) in [5.74, 6) is -2.82. The van der Waals surface area contributed by atoms with Gasteiger partial charge in [-0.15, -0.1) is 23.1 Å². The van der Waals surface area contributed by atoms with Gasteiger partial charge in [0.15, 0.2) is 0 Å². The van der Waals surface area contributed by atoms with Crippen LogP contribution in [0.15, 0.2) is 28.8 Å². The van der Waals surface area contributed by atoms with E-state index in [0.29, 0.717) is 10.5 Å². The zero-order chi connectivity index (χ0) is 19.8. The van der Waals surface area contributed by atoms with Gasteiger partial charge in [0.25, 0.3) is 17.5 Å². The number of thiophene rings is 1. The van der Waals surface area contributed by atoms with Crippen molar-refractivity contribution in [2.24, 2.45) is 0 Å². The molecule has 27 heavy (non-hydrogen) atoms. The number of fused-ring (bicyclic) bond motifs is 1. The lowest BCUT2D eigenvalue weighted by atomic mass is 9.98. The Labute approximate surface area is 162 Å². The van der Waals surface area contributed by atoms with Crippen LogP contribution >= 0.6 is 23.1 Å². The minimum Gasteiger partial charge on any atom is -0.477 e. The Morgan fingerprint density at radius 3 is 2.74 bits per heavy atom. The van der Waals surface area contributed by atoms with Crippen LogP contribution in [-0.4, -0.2) is 64.3 Å². The van der Waals surface area contributed by atoms with Crippen LogP contribution in [0.2, 0.25) is 0 Å². The highest BCUT2D eigenvalue weighted by Crippen LogP contribution is 2.46. The molecule has 0 aliphatic carbocycles. The predicted molar refractivity (Wildman–Crippen MR) is 95.9 cm³/mol. The largest absolute Gasteiger partial charge is 0.477 e. The number of methoxy groups -OCH3 is 1. The topological polar surface area (TPSA) is 122 Å². The summed E-state index contributed by atoms with van der Waals surface area (Å²) in [4.78, 5) is 49.4. The SMILES string of the molecule is COC1(NC(=O)c2cccs2)C(=O)N2C(C(=O)O)=C(COC(C)=O)CSC21. The molecule has 144 valence electrons. The van der Waals surface area contributed by atoms with E-state index in [1.165, 1.54) is 37.1 Å². The van der Waals surface area contributed by atoms with Gasteiger partial charge in [0.05, 0.1) is 4.88 Å². The van der Waals surface area contributed by atoms with Crippen molar-refractivity contribution in [2.45, 2.75) is 18.0 Å². The summed E-state index contributed by atoms with van der Waals surface area (Å²) in [7, 11) is 1.28. The molecule has 2 aliphatic heterocycles. The van der Waals surface area contributed by atoms with Crippen molar-refractivity contribution in [3.63, 3.8) is 0 Å². The number of rotatable bonds is 6. The molecule has 0 spiro atoms. The molecule has 0 saturated carbocycles. The highest BCUT2D eigenvalue weighted by Gasteiger charge is 2.66. The van der Waals surface area contributed by atoms with Gasteiger partial charge in [0, 0.05) is 25.4 Å². The first-order valence-corrected chi connectivity index (χ1v) is 9.69. The van der Waals surface area contributed by atoms with E-state index in [9.17, 15) is 24.3 Å². The minimum absolute atomic E-state index is 0.212. The number of carboxylic acids is 1. The number of nitrogens with one attached hydrogen (secondary N) is 1. The van der Waals surface area contributed by atoms with Crippen LogP contribution in [-0.2, 0) is 23.9 Å². The summed E-state index contributed by atoms with van der Waals surface area (Å²) in [5.41, 5.74) is -1.59. The van der Waals surface area contributed by atoms with Crippen LogP contribution in [0.3, 0.4) is 0 Å². The lowest BCUT2D eigenvalue weighted by Gasteiger charge is -2.55. The Bertz CT molecular complexity index is 836. The van der Waals surface area contributed by atoms with Gasteiger partial charge in [0.1, 0.15) is 17.7 Å². The molecular weight excluding hydrogens is 396 g/mol. The maximum atomic E-state index is 12.8. The van der Waals surface area contributed by atoms with Crippen LogP contribution in [0.5, 0.6) is 0 Å².